The lowest BCUT2D eigenvalue weighted by Gasteiger charge is -2.49. The maximum Gasteiger partial charge on any atom is 0.0356 e. The molecule has 1 N–H and O–H groups in total. The van der Waals surface area contributed by atoms with Gasteiger partial charge in [0.15, 0.2) is 0 Å². The van der Waals surface area contributed by atoms with Crippen molar-refractivity contribution in [2.24, 2.45) is 5.92 Å². The molecule has 1 fully saturated rings. The Bertz CT molecular complexity index is 229. The van der Waals surface area contributed by atoms with Gasteiger partial charge in [0.1, 0.15) is 0 Å². The SMILES string of the molecule is CCCNC(CCC(C)C)C1(N(C)C)CCCCC1. The molecule has 1 saturated carbocycles. The molecule has 0 spiro atoms. The molecule has 0 heterocycles. The zero-order valence-electron chi connectivity index (χ0n) is 14.0. The molecule has 0 aliphatic heterocycles. The Labute approximate surface area is 121 Å². The third-order valence-electron chi connectivity index (χ3n) is 4.93. The van der Waals surface area contributed by atoms with Crippen LogP contribution >= 0.6 is 0 Å². The Kier molecular flexibility index (Phi) is 7.38. The zero-order chi connectivity index (χ0) is 14.3. The van der Waals surface area contributed by atoms with Gasteiger partial charge in [0, 0.05) is 11.6 Å². The molecule has 0 amide bonds. The summed E-state index contributed by atoms with van der Waals surface area (Å²) in [5, 5.41) is 3.88. The lowest BCUT2D eigenvalue weighted by molar-refractivity contribution is 0.0514. The summed E-state index contributed by atoms with van der Waals surface area (Å²) < 4.78 is 0. The molecule has 1 atom stereocenters. The van der Waals surface area contributed by atoms with Crippen LogP contribution in [0.4, 0.5) is 0 Å². The van der Waals surface area contributed by atoms with Crippen LogP contribution in [-0.2, 0) is 0 Å². The van der Waals surface area contributed by atoms with E-state index in [1.807, 2.05) is 0 Å². The minimum atomic E-state index is 0.405. The average Bonchev–Trinajstić information content (AvgIpc) is 2.39. The maximum absolute atomic E-state index is 3.88. The van der Waals surface area contributed by atoms with Crippen LogP contribution in [0.2, 0.25) is 0 Å². The van der Waals surface area contributed by atoms with E-state index in [4.69, 9.17) is 0 Å². The van der Waals surface area contributed by atoms with E-state index < -0.39 is 0 Å². The Morgan fingerprint density at radius 3 is 2.16 bits per heavy atom. The molecule has 0 radical (unpaired) electrons. The molecule has 0 aromatic rings. The first-order valence-corrected chi connectivity index (χ1v) is 8.43. The lowest BCUT2D eigenvalue weighted by Crippen LogP contribution is -2.60. The number of hydrogen-bond acceptors (Lipinski definition) is 2. The molecule has 1 rings (SSSR count). The van der Waals surface area contributed by atoms with Gasteiger partial charge in [-0.1, -0.05) is 40.0 Å². The van der Waals surface area contributed by atoms with Crippen LogP contribution < -0.4 is 5.32 Å². The molecular formula is C17H36N2. The average molecular weight is 268 g/mol. The van der Waals surface area contributed by atoms with Crippen LogP contribution in [0.1, 0.15) is 72.1 Å². The van der Waals surface area contributed by atoms with Crippen LogP contribution in [0.15, 0.2) is 0 Å². The number of nitrogens with one attached hydrogen (secondary N) is 1. The molecular weight excluding hydrogens is 232 g/mol. The van der Waals surface area contributed by atoms with Crippen molar-refractivity contribution in [2.75, 3.05) is 20.6 Å². The Balaban J connectivity index is 2.76. The molecule has 0 aromatic heterocycles. The van der Waals surface area contributed by atoms with E-state index in [0.717, 1.165) is 5.92 Å². The number of likely N-dealkylation sites (N-methyl/N-ethyl adjacent to an activating group) is 1. The quantitative estimate of drug-likeness (QED) is 0.714. The topological polar surface area (TPSA) is 15.3 Å². The van der Waals surface area contributed by atoms with E-state index in [1.165, 1.54) is 57.9 Å². The van der Waals surface area contributed by atoms with Gasteiger partial charge >= 0.3 is 0 Å². The fourth-order valence-corrected chi connectivity index (χ4v) is 3.65. The second kappa shape index (κ2) is 8.26. The van der Waals surface area contributed by atoms with Crippen molar-refractivity contribution in [2.45, 2.75) is 83.7 Å². The van der Waals surface area contributed by atoms with Gasteiger partial charge in [-0.3, -0.25) is 0 Å². The van der Waals surface area contributed by atoms with Crippen molar-refractivity contribution < 1.29 is 0 Å². The van der Waals surface area contributed by atoms with Crippen molar-refractivity contribution >= 4 is 0 Å². The molecule has 1 aliphatic carbocycles. The van der Waals surface area contributed by atoms with Crippen molar-refractivity contribution in [1.29, 1.82) is 0 Å². The van der Waals surface area contributed by atoms with E-state index >= 15 is 0 Å². The number of nitrogens with zero attached hydrogens (tertiary/aromatic N) is 1. The van der Waals surface area contributed by atoms with Gasteiger partial charge in [0.05, 0.1) is 0 Å². The molecule has 114 valence electrons. The first-order valence-electron chi connectivity index (χ1n) is 8.43. The van der Waals surface area contributed by atoms with Gasteiger partial charge in [-0.2, -0.15) is 0 Å². The van der Waals surface area contributed by atoms with Gasteiger partial charge in [-0.15, -0.1) is 0 Å². The standard InChI is InChI=1S/C17H36N2/c1-6-14-18-16(11-10-15(2)3)17(19(4)5)12-8-7-9-13-17/h15-16,18H,6-14H2,1-5H3. The third-order valence-corrected chi connectivity index (χ3v) is 4.93. The Hall–Kier alpha value is -0.0800. The van der Waals surface area contributed by atoms with Gasteiger partial charge in [-0.25, -0.2) is 0 Å². The summed E-state index contributed by atoms with van der Waals surface area (Å²) in [5.74, 6) is 0.814. The molecule has 2 heteroatoms. The molecule has 2 nitrogen and oxygen atoms in total. The smallest absolute Gasteiger partial charge is 0.0356 e. The van der Waals surface area contributed by atoms with Crippen molar-refractivity contribution in [3.05, 3.63) is 0 Å². The molecule has 19 heavy (non-hydrogen) atoms. The Morgan fingerprint density at radius 2 is 1.68 bits per heavy atom. The minimum Gasteiger partial charge on any atom is -0.312 e. The molecule has 0 saturated heterocycles. The molecule has 0 aromatic carbocycles. The number of hydrogen-bond donors (Lipinski definition) is 1. The van der Waals surface area contributed by atoms with Crippen LogP contribution in [0, 0.1) is 5.92 Å². The summed E-state index contributed by atoms with van der Waals surface area (Å²) in [5.41, 5.74) is 0.405. The normalized spacial score (nSPS) is 21.0. The summed E-state index contributed by atoms with van der Waals surface area (Å²) in [6, 6.07) is 0.671. The van der Waals surface area contributed by atoms with E-state index in [1.54, 1.807) is 0 Å². The van der Waals surface area contributed by atoms with Crippen LogP contribution in [0.3, 0.4) is 0 Å². The second-order valence-corrected chi connectivity index (χ2v) is 7.04. The van der Waals surface area contributed by atoms with Gasteiger partial charge in [-0.05, 0) is 58.7 Å². The summed E-state index contributed by atoms with van der Waals surface area (Å²) in [6.07, 6.45) is 10.9. The maximum atomic E-state index is 3.88. The predicted molar refractivity (Wildman–Crippen MR) is 85.7 cm³/mol. The highest BCUT2D eigenvalue weighted by Crippen LogP contribution is 2.37. The first-order chi connectivity index (χ1) is 9.03. The third kappa shape index (κ3) is 4.75. The number of rotatable bonds is 8. The van der Waals surface area contributed by atoms with Crippen molar-refractivity contribution in [1.82, 2.24) is 10.2 Å². The second-order valence-electron chi connectivity index (χ2n) is 7.04. The summed E-state index contributed by atoms with van der Waals surface area (Å²) >= 11 is 0. The highest BCUT2D eigenvalue weighted by atomic mass is 15.2. The largest absolute Gasteiger partial charge is 0.312 e. The fraction of sp³-hybridized carbons (Fsp3) is 1.00. The van der Waals surface area contributed by atoms with E-state index in [-0.39, 0.29) is 0 Å². The van der Waals surface area contributed by atoms with E-state index in [9.17, 15) is 0 Å². The monoisotopic (exact) mass is 268 g/mol. The molecule has 1 unspecified atom stereocenters. The Morgan fingerprint density at radius 1 is 1.05 bits per heavy atom. The highest BCUT2D eigenvalue weighted by molar-refractivity contribution is 5.00. The van der Waals surface area contributed by atoms with Crippen LogP contribution in [-0.4, -0.2) is 37.1 Å². The van der Waals surface area contributed by atoms with Crippen molar-refractivity contribution in [3.8, 4) is 0 Å². The minimum absolute atomic E-state index is 0.405. The fourth-order valence-electron chi connectivity index (χ4n) is 3.65. The van der Waals surface area contributed by atoms with E-state index in [2.05, 4.69) is 45.1 Å². The predicted octanol–water partition coefficient (Wildman–Crippen LogP) is 4.06. The molecule has 1 aliphatic rings. The summed E-state index contributed by atoms with van der Waals surface area (Å²) in [7, 11) is 4.59. The van der Waals surface area contributed by atoms with Gasteiger partial charge in [0.2, 0.25) is 0 Å². The van der Waals surface area contributed by atoms with Crippen LogP contribution in [0.25, 0.3) is 0 Å². The summed E-state index contributed by atoms with van der Waals surface area (Å²) in [4.78, 5) is 2.53. The van der Waals surface area contributed by atoms with E-state index in [0.29, 0.717) is 11.6 Å². The first kappa shape index (κ1) is 17.0. The zero-order valence-corrected chi connectivity index (χ0v) is 14.0. The molecule has 0 bridgehead atoms. The summed E-state index contributed by atoms with van der Waals surface area (Å²) in [6.45, 7) is 8.13. The van der Waals surface area contributed by atoms with Crippen LogP contribution in [0.5, 0.6) is 0 Å². The lowest BCUT2D eigenvalue weighted by atomic mass is 9.73. The highest BCUT2D eigenvalue weighted by Gasteiger charge is 2.40. The van der Waals surface area contributed by atoms with Gasteiger partial charge < -0.3 is 10.2 Å². The van der Waals surface area contributed by atoms with Gasteiger partial charge in [0.25, 0.3) is 0 Å². The van der Waals surface area contributed by atoms with Crippen molar-refractivity contribution in [3.63, 3.8) is 0 Å².